The van der Waals surface area contributed by atoms with Crippen LogP contribution in [-0.2, 0) is 0 Å². The number of likely N-dealkylation sites (tertiary alicyclic amines) is 1. The Morgan fingerprint density at radius 3 is 2.45 bits per heavy atom. The largest absolute Gasteiger partial charge is 0.481 e. The highest BCUT2D eigenvalue weighted by atomic mass is 35.5. The molecule has 0 aliphatic carbocycles. The summed E-state index contributed by atoms with van der Waals surface area (Å²) in [6.07, 6.45) is 2.30. The van der Waals surface area contributed by atoms with Gasteiger partial charge in [0.2, 0.25) is 11.8 Å². The van der Waals surface area contributed by atoms with E-state index in [1.807, 2.05) is 19.1 Å². The van der Waals surface area contributed by atoms with E-state index in [4.69, 9.17) is 32.7 Å². The molecule has 9 heteroatoms. The minimum Gasteiger partial charge on any atom is -0.481 e. The van der Waals surface area contributed by atoms with Gasteiger partial charge < -0.3 is 14.4 Å². The van der Waals surface area contributed by atoms with E-state index in [1.54, 1.807) is 23.1 Å². The number of halogens is 3. The monoisotopic (exact) mass is 489 g/mol. The van der Waals surface area contributed by atoms with Gasteiger partial charge in [-0.3, -0.25) is 4.79 Å². The van der Waals surface area contributed by atoms with Crippen molar-refractivity contribution in [2.45, 2.75) is 18.9 Å². The number of ether oxygens (including phenoxy) is 2. The van der Waals surface area contributed by atoms with Gasteiger partial charge in [-0.05, 0) is 36.8 Å². The zero-order chi connectivity index (χ0) is 23.5. The second-order valence-corrected chi connectivity index (χ2v) is 8.70. The first-order valence-corrected chi connectivity index (χ1v) is 11.1. The standard InChI is InChI=1S/C24H22Cl2FN3O3/c1-14(33-23-8-5-17(27)11-29-23)18-12-30(24(31)16-4-7-22(32-2)28-10-16)13-19(18)15-3-6-20(25)21(26)9-15/h3-11,14,18-19H,12-13H2,1-2H3. The topological polar surface area (TPSA) is 64.5 Å². The minimum absolute atomic E-state index is 0.0506. The van der Waals surface area contributed by atoms with Crippen LogP contribution in [0.4, 0.5) is 4.39 Å². The van der Waals surface area contributed by atoms with Crippen LogP contribution < -0.4 is 9.47 Å². The third kappa shape index (κ3) is 5.20. The summed E-state index contributed by atoms with van der Waals surface area (Å²) in [6, 6.07) is 11.6. The number of nitrogens with zero attached hydrogens (tertiary/aromatic N) is 3. The van der Waals surface area contributed by atoms with Crippen molar-refractivity contribution < 1.29 is 18.7 Å². The van der Waals surface area contributed by atoms with Crippen LogP contribution >= 0.6 is 23.2 Å². The van der Waals surface area contributed by atoms with Gasteiger partial charge in [-0.15, -0.1) is 0 Å². The van der Waals surface area contributed by atoms with E-state index in [2.05, 4.69) is 9.97 Å². The minimum atomic E-state index is -0.436. The van der Waals surface area contributed by atoms with Crippen molar-refractivity contribution in [3.8, 4) is 11.8 Å². The van der Waals surface area contributed by atoms with Gasteiger partial charge in [-0.25, -0.2) is 14.4 Å². The van der Waals surface area contributed by atoms with E-state index < -0.39 is 5.82 Å². The first-order valence-electron chi connectivity index (χ1n) is 10.4. The molecule has 0 bridgehead atoms. The number of carbonyl (C=O) groups is 1. The molecule has 0 spiro atoms. The predicted octanol–water partition coefficient (Wildman–Crippen LogP) is 5.25. The molecule has 172 valence electrons. The van der Waals surface area contributed by atoms with Crippen molar-refractivity contribution in [2.75, 3.05) is 20.2 Å². The fourth-order valence-electron chi connectivity index (χ4n) is 4.09. The molecule has 6 nitrogen and oxygen atoms in total. The Kier molecular flexibility index (Phi) is 7.00. The van der Waals surface area contributed by atoms with Gasteiger partial charge in [0.05, 0.1) is 28.9 Å². The Morgan fingerprint density at radius 2 is 1.82 bits per heavy atom. The Labute approximate surface area is 201 Å². The first kappa shape index (κ1) is 23.3. The highest BCUT2D eigenvalue weighted by Crippen LogP contribution is 2.38. The van der Waals surface area contributed by atoms with Gasteiger partial charge in [-0.2, -0.15) is 0 Å². The normalized spacial score (nSPS) is 18.8. The summed E-state index contributed by atoms with van der Waals surface area (Å²) in [5, 5.41) is 0.915. The summed E-state index contributed by atoms with van der Waals surface area (Å²) in [6.45, 7) is 2.85. The smallest absolute Gasteiger partial charge is 0.255 e. The summed E-state index contributed by atoms with van der Waals surface area (Å²) in [5.41, 5.74) is 1.43. The van der Waals surface area contributed by atoms with Gasteiger partial charge >= 0.3 is 0 Å². The summed E-state index contributed by atoms with van der Waals surface area (Å²) in [5.74, 6) is 0.0724. The predicted molar refractivity (Wildman–Crippen MR) is 124 cm³/mol. The average Bonchev–Trinajstić information content (AvgIpc) is 3.27. The maximum atomic E-state index is 13.2. The molecular weight excluding hydrogens is 468 g/mol. The van der Waals surface area contributed by atoms with E-state index in [0.29, 0.717) is 40.5 Å². The van der Waals surface area contributed by atoms with Gasteiger partial charge in [0.1, 0.15) is 11.9 Å². The number of hydrogen-bond acceptors (Lipinski definition) is 5. The molecule has 33 heavy (non-hydrogen) atoms. The fourth-order valence-corrected chi connectivity index (χ4v) is 4.39. The second-order valence-electron chi connectivity index (χ2n) is 7.88. The molecule has 0 saturated carbocycles. The van der Waals surface area contributed by atoms with Crippen molar-refractivity contribution in [3.05, 3.63) is 81.8 Å². The molecule has 3 unspecified atom stereocenters. The lowest BCUT2D eigenvalue weighted by Gasteiger charge is -2.25. The third-order valence-corrected chi connectivity index (χ3v) is 6.57. The number of carbonyl (C=O) groups excluding carboxylic acids is 1. The van der Waals surface area contributed by atoms with Crippen LogP contribution in [0.2, 0.25) is 10.0 Å². The molecule has 1 aliphatic rings. The molecule has 0 radical (unpaired) electrons. The van der Waals surface area contributed by atoms with E-state index in [0.717, 1.165) is 11.8 Å². The quantitative estimate of drug-likeness (QED) is 0.472. The molecule has 1 saturated heterocycles. The lowest BCUT2D eigenvalue weighted by molar-refractivity contribution is 0.0769. The molecular formula is C24H22Cl2FN3O3. The first-order chi connectivity index (χ1) is 15.9. The van der Waals surface area contributed by atoms with Crippen molar-refractivity contribution >= 4 is 29.1 Å². The Hall–Kier alpha value is -2.90. The van der Waals surface area contributed by atoms with Crippen LogP contribution in [-0.4, -0.2) is 47.1 Å². The van der Waals surface area contributed by atoms with Crippen LogP contribution in [0.3, 0.4) is 0 Å². The molecule has 1 fully saturated rings. The Morgan fingerprint density at radius 1 is 1.06 bits per heavy atom. The van der Waals surface area contributed by atoms with Crippen LogP contribution in [0, 0.1) is 11.7 Å². The number of pyridine rings is 2. The molecule has 1 aliphatic heterocycles. The molecule has 3 atom stereocenters. The van der Waals surface area contributed by atoms with E-state index >= 15 is 0 Å². The molecule has 3 aromatic rings. The lowest BCUT2D eigenvalue weighted by atomic mass is 9.86. The highest BCUT2D eigenvalue weighted by molar-refractivity contribution is 6.42. The van der Waals surface area contributed by atoms with Crippen LogP contribution in [0.15, 0.2) is 54.9 Å². The third-order valence-electron chi connectivity index (χ3n) is 5.83. The number of amides is 1. The maximum absolute atomic E-state index is 13.2. The van der Waals surface area contributed by atoms with Crippen LogP contribution in [0.5, 0.6) is 11.8 Å². The Bertz CT molecular complexity index is 1130. The number of rotatable bonds is 6. The van der Waals surface area contributed by atoms with Crippen LogP contribution in [0.25, 0.3) is 0 Å². The van der Waals surface area contributed by atoms with E-state index in [1.165, 1.54) is 25.4 Å². The molecule has 1 aromatic carbocycles. The zero-order valence-electron chi connectivity index (χ0n) is 18.0. The highest BCUT2D eigenvalue weighted by Gasteiger charge is 2.40. The second kappa shape index (κ2) is 9.93. The molecule has 3 heterocycles. The van der Waals surface area contributed by atoms with Crippen molar-refractivity contribution in [1.29, 1.82) is 0 Å². The van der Waals surface area contributed by atoms with Crippen molar-refractivity contribution in [3.63, 3.8) is 0 Å². The van der Waals surface area contributed by atoms with E-state index in [9.17, 15) is 9.18 Å². The number of methoxy groups -OCH3 is 1. The fraction of sp³-hybridized carbons (Fsp3) is 0.292. The number of aromatic nitrogens is 2. The van der Waals surface area contributed by atoms with Crippen LogP contribution in [0.1, 0.15) is 28.8 Å². The molecule has 1 amide bonds. The number of hydrogen-bond donors (Lipinski definition) is 0. The molecule has 0 N–H and O–H groups in total. The average molecular weight is 490 g/mol. The SMILES string of the molecule is COc1ccc(C(=O)N2CC(c3ccc(Cl)c(Cl)c3)C(C(C)Oc3ccc(F)cn3)C2)cn1. The zero-order valence-corrected chi connectivity index (χ0v) is 19.6. The Balaban J connectivity index is 1.60. The summed E-state index contributed by atoms with van der Waals surface area (Å²) >= 11 is 12.4. The summed E-state index contributed by atoms with van der Waals surface area (Å²) < 4.78 is 24.3. The van der Waals surface area contributed by atoms with Crippen molar-refractivity contribution in [2.24, 2.45) is 5.92 Å². The maximum Gasteiger partial charge on any atom is 0.255 e. The van der Waals surface area contributed by atoms with Gasteiger partial charge in [0.25, 0.3) is 5.91 Å². The number of benzene rings is 1. The summed E-state index contributed by atoms with van der Waals surface area (Å²) in [4.78, 5) is 23.1. The van der Waals surface area contributed by atoms with Gasteiger partial charge in [0, 0.05) is 43.3 Å². The lowest BCUT2D eigenvalue weighted by Crippen LogP contribution is -2.32. The van der Waals surface area contributed by atoms with Crippen molar-refractivity contribution in [1.82, 2.24) is 14.9 Å². The van der Waals surface area contributed by atoms with E-state index in [-0.39, 0.29) is 23.8 Å². The van der Waals surface area contributed by atoms with Gasteiger partial charge in [0.15, 0.2) is 0 Å². The van der Waals surface area contributed by atoms with Gasteiger partial charge in [-0.1, -0.05) is 29.3 Å². The molecule has 4 rings (SSSR count). The molecule has 2 aromatic heterocycles. The summed E-state index contributed by atoms with van der Waals surface area (Å²) in [7, 11) is 1.52.